The Morgan fingerprint density at radius 3 is 2.50 bits per heavy atom. The number of hydrogen-bond donors (Lipinski definition) is 0. The molecule has 3 aromatic rings. The topological polar surface area (TPSA) is 30.2 Å². The molecule has 2 aromatic heterocycles. The zero-order valence-electron chi connectivity index (χ0n) is 10.2. The number of imidazole rings is 1. The number of fused-ring (bicyclic) bond motifs is 1. The quantitative estimate of drug-likeness (QED) is 0.666. The highest BCUT2D eigenvalue weighted by atomic mass is 35.5. The molecular formula is C14H12ClN3. The molecule has 1 aromatic carbocycles. The van der Waals surface area contributed by atoms with Crippen LogP contribution in [0.5, 0.6) is 0 Å². The number of nitrogens with zero attached hydrogens (tertiary/aromatic N) is 3. The van der Waals surface area contributed by atoms with Crippen LogP contribution in [0.3, 0.4) is 0 Å². The predicted octanol–water partition coefficient (Wildman–Crippen LogP) is 3.67. The maximum absolute atomic E-state index is 6.03. The van der Waals surface area contributed by atoms with Gasteiger partial charge in [-0.25, -0.2) is 9.97 Å². The molecule has 0 aliphatic carbocycles. The Morgan fingerprint density at radius 1 is 1.06 bits per heavy atom. The maximum Gasteiger partial charge on any atom is 0.175 e. The highest BCUT2D eigenvalue weighted by Gasteiger charge is 2.09. The van der Waals surface area contributed by atoms with Gasteiger partial charge >= 0.3 is 0 Å². The first kappa shape index (κ1) is 11.2. The predicted molar refractivity (Wildman–Crippen MR) is 72.9 cm³/mol. The molecule has 4 heteroatoms. The van der Waals surface area contributed by atoms with E-state index in [2.05, 4.69) is 42.0 Å². The highest BCUT2D eigenvalue weighted by molar-refractivity contribution is 6.32. The van der Waals surface area contributed by atoms with Crippen LogP contribution >= 0.6 is 11.6 Å². The minimum absolute atomic E-state index is 0.424. The molecule has 0 N–H and O–H groups in total. The number of benzene rings is 1. The largest absolute Gasteiger partial charge is 0.296 e. The molecule has 0 saturated carbocycles. The molecule has 18 heavy (non-hydrogen) atoms. The van der Waals surface area contributed by atoms with Crippen LogP contribution < -0.4 is 0 Å². The molecule has 0 atom stereocenters. The van der Waals surface area contributed by atoms with Gasteiger partial charge < -0.3 is 0 Å². The van der Waals surface area contributed by atoms with Gasteiger partial charge in [0.1, 0.15) is 0 Å². The Kier molecular flexibility index (Phi) is 2.56. The van der Waals surface area contributed by atoms with Crippen molar-refractivity contribution in [3.63, 3.8) is 0 Å². The Morgan fingerprint density at radius 2 is 1.78 bits per heavy atom. The van der Waals surface area contributed by atoms with Gasteiger partial charge in [0.25, 0.3) is 0 Å². The summed E-state index contributed by atoms with van der Waals surface area (Å²) in [5.41, 5.74) is 5.33. The number of aryl methyl sites for hydroxylation is 2. The van der Waals surface area contributed by atoms with Crippen molar-refractivity contribution in [2.45, 2.75) is 13.8 Å². The van der Waals surface area contributed by atoms with E-state index in [4.69, 9.17) is 11.6 Å². The van der Waals surface area contributed by atoms with Crippen LogP contribution in [0, 0.1) is 13.8 Å². The van der Waals surface area contributed by atoms with Gasteiger partial charge in [0, 0.05) is 18.0 Å². The van der Waals surface area contributed by atoms with E-state index in [1.165, 1.54) is 11.1 Å². The van der Waals surface area contributed by atoms with Crippen molar-refractivity contribution < 1.29 is 0 Å². The van der Waals surface area contributed by atoms with Gasteiger partial charge in [0.05, 0.1) is 11.9 Å². The first-order valence-corrected chi connectivity index (χ1v) is 6.09. The van der Waals surface area contributed by atoms with Crippen LogP contribution in [0.2, 0.25) is 5.15 Å². The lowest BCUT2D eigenvalue weighted by molar-refractivity contribution is 1.13. The van der Waals surface area contributed by atoms with Crippen LogP contribution in [0.4, 0.5) is 0 Å². The summed E-state index contributed by atoms with van der Waals surface area (Å²) in [6.45, 7) is 4.18. The third-order valence-electron chi connectivity index (χ3n) is 2.90. The zero-order valence-corrected chi connectivity index (χ0v) is 10.9. The van der Waals surface area contributed by atoms with E-state index in [9.17, 15) is 0 Å². The molecule has 0 amide bonds. The first-order chi connectivity index (χ1) is 8.65. The SMILES string of the molecule is Cc1cc(C)cc(-c2cnc3c(Cl)nccn23)c1. The number of halogens is 1. The summed E-state index contributed by atoms with van der Waals surface area (Å²) >= 11 is 6.03. The maximum atomic E-state index is 6.03. The fourth-order valence-corrected chi connectivity index (χ4v) is 2.42. The van der Waals surface area contributed by atoms with E-state index in [-0.39, 0.29) is 0 Å². The fourth-order valence-electron chi connectivity index (χ4n) is 2.22. The second-order valence-corrected chi connectivity index (χ2v) is 4.79. The van der Waals surface area contributed by atoms with E-state index in [1.54, 1.807) is 6.20 Å². The molecule has 0 radical (unpaired) electrons. The number of rotatable bonds is 1. The average molecular weight is 258 g/mol. The third kappa shape index (κ3) is 1.77. The van der Waals surface area contributed by atoms with E-state index >= 15 is 0 Å². The summed E-state index contributed by atoms with van der Waals surface area (Å²) in [4.78, 5) is 8.35. The van der Waals surface area contributed by atoms with Gasteiger partial charge in [-0.1, -0.05) is 28.8 Å². The molecule has 3 nitrogen and oxygen atoms in total. The molecule has 0 aliphatic heterocycles. The third-order valence-corrected chi connectivity index (χ3v) is 3.17. The van der Waals surface area contributed by atoms with Gasteiger partial charge in [-0.2, -0.15) is 0 Å². The summed E-state index contributed by atoms with van der Waals surface area (Å²) in [6.07, 6.45) is 5.39. The standard InChI is InChI=1S/C14H12ClN3/c1-9-5-10(2)7-11(6-9)12-8-17-14-13(15)16-3-4-18(12)14/h3-8H,1-2H3. The summed E-state index contributed by atoms with van der Waals surface area (Å²) in [7, 11) is 0. The lowest BCUT2D eigenvalue weighted by Crippen LogP contribution is -1.91. The molecule has 0 spiro atoms. The second-order valence-electron chi connectivity index (χ2n) is 4.43. The number of aromatic nitrogens is 3. The minimum Gasteiger partial charge on any atom is -0.296 e. The van der Waals surface area contributed by atoms with Crippen LogP contribution in [0.15, 0.2) is 36.8 Å². The summed E-state index contributed by atoms with van der Waals surface area (Å²) in [5.74, 6) is 0. The zero-order chi connectivity index (χ0) is 12.7. The van der Waals surface area contributed by atoms with Crippen LogP contribution in [-0.4, -0.2) is 14.4 Å². The molecule has 2 heterocycles. The monoisotopic (exact) mass is 257 g/mol. The smallest absolute Gasteiger partial charge is 0.175 e. The first-order valence-electron chi connectivity index (χ1n) is 5.71. The lowest BCUT2D eigenvalue weighted by Gasteiger charge is -2.05. The van der Waals surface area contributed by atoms with Crippen molar-refractivity contribution in [3.05, 3.63) is 53.1 Å². The van der Waals surface area contributed by atoms with Gasteiger partial charge in [-0.05, 0) is 26.0 Å². The summed E-state index contributed by atoms with van der Waals surface area (Å²) in [5, 5.41) is 0.424. The molecule has 0 saturated heterocycles. The van der Waals surface area contributed by atoms with Gasteiger partial charge in [0.15, 0.2) is 10.8 Å². The molecule has 0 unspecified atom stereocenters. The Hall–Kier alpha value is -1.87. The van der Waals surface area contributed by atoms with E-state index in [0.29, 0.717) is 10.8 Å². The minimum atomic E-state index is 0.424. The van der Waals surface area contributed by atoms with Crippen molar-refractivity contribution in [2.75, 3.05) is 0 Å². The lowest BCUT2D eigenvalue weighted by atomic mass is 10.1. The van der Waals surface area contributed by atoms with E-state index < -0.39 is 0 Å². The number of hydrogen-bond acceptors (Lipinski definition) is 2. The van der Waals surface area contributed by atoms with E-state index in [1.807, 2.05) is 16.8 Å². The summed E-state index contributed by atoms with van der Waals surface area (Å²) < 4.78 is 1.96. The Labute approximate surface area is 110 Å². The Balaban J connectivity index is 2.29. The molecule has 3 rings (SSSR count). The fraction of sp³-hybridized carbons (Fsp3) is 0.143. The van der Waals surface area contributed by atoms with Gasteiger partial charge in [-0.15, -0.1) is 0 Å². The van der Waals surface area contributed by atoms with Crippen LogP contribution in [-0.2, 0) is 0 Å². The normalized spacial score (nSPS) is 11.1. The van der Waals surface area contributed by atoms with Gasteiger partial charge in [0.2, 0.25) is 0 Å². The Bertz CT molecular complexity index is 711. The molecule has 0 aliphatic rings. The summed E-state index contributed by atoms with van der Waals surface area (Å²) in [6, 6.07) is 6.44. The van der Waals surface area contributed by atoms with Crippen LogP contribution in [0.1, 0.15) is 11.1 Å². The average Bonchev–Trinajstić information content (AvgIpc) is 2.73. The second kappa shape index (κ2) is 4.10. The highest BCUT2D eigenvalue weighted by Crippen LogP contribution is 2.25. The van der Waals surface area contributed by atoms with Crippen molar-refractivity contribution in [1.82, 2.24) is 14.4 Å². The van der Waals surface area contributed by atoms with Gasteiger partial charge in [-0.3, -0.25) is 4.40 Å². The van der Waals surface area contributed by atoms with Crippen molar-refractivity contribution in [2.24, 2.45) is 0 Å². The van der Waals surface area contributed by atoms with Crippen LogP contribution in [0.25, 0.3) is 16.9 Å². The molecule has 90 valence electrons. The van der Waals surface area contributed by atoms with Crippen molar-refractivity contribution in [1.29, 1.82) is 0 Å². The van der Waals surface area contributed by atoms with Crippen molar-refractivity contribution >= 4 is 17.2 Å². The van der Waals surface area contributed by atoms with E-state index in [0.717, 1.165) is 11.3 Å². The molecule has 0 bridgehead atoms. The molecule has 0 fully saturated rings. The van der Waals surface area contributed by atoms with Crippen molar-refractivity contribution in [3.8, 4) is 11.3 Å². The molecular weight excluding hydrogens is 246 g/mol.